The van der Waals surface area contributed by atoms with Gasteiger partial charge in [-0.3, -0.25) is 14.6 Å². The Bertz CT molecular complexity index is 904. The van der Waals surface area contributed by atoms with Gasteiger partial charge >= 0.3 is 0 Å². The van der Waals surface area contributed by atoms with E-state index in [0.29, 0.717) is 16.9 Å². The van der Waals surface area contributed by atoms with E-state index in [1.54, 1.807) is 18.4 Å². The number of amides is 2. The van der Waals surface area contributed by atoms with Crippen molar-refractivity contribution < 1.29 is 14.0 Å². The number of carbonyl (C=O) groups excluding carboxylic acids is 2. The zero-order valence-electron chi connectivity index (χ0n) is 14.4. The summed E-state index contributed by atoms with van der Waals surface area (Å²) in [5.74, 6) is 0.0213. The Kier molecular flexibility index (Phi) is 5.43. The molecule has 2 heterocycles. The summed E-state index contributed by atoms with van der Waals surface area (Å²) in [7, 11) is 0. The number of carbonyl (C=O) groups is 2. The van der Waals surface area contributed by atoms with Crippen LogP contribution in [0.15, 0.2) is 65.5 Å². The zero-order valence-corrected chi connectivity index (χ0v) is 14.4. The molecule has 132 valence electrons. The van der Waals surface area contributed by atoms with Gasteiger partial charge in [-0.1, -0.05) is 25.1 Å². The number of benzene rings is 1. The van der Waals surface area contributed by atoms with Gasteiger partial charge in [0.25, 0.3) is 11.8 Å². The highest BCUT2D eigenvalue weighted by molar-refractivity contribution is 6.06. The quantitative estimate of drug-likeness (QED) is 0.714. The smallest absolute Gasteiger partial charge is 0.257 e. The van der Waals surface area contributed by atoms with Crippen molar-refractivity contribution in [1.29, 1.82) is 0 Å². The van der Waals surface area contributed by atoms with Gasteiger partial charge in [-0.05, 0) is 36.2 Å². The maximum Gasteiger partial charge on any atom is 0.257 e. The molecule has 0 radical (unpaired) electrons. The van der Waals surface area contributed by atoms with Crippen molar-refractivity contribution in [2.75, 3.05) is 5.32 Å². The summed E-state index contributed by atoms with van der Waals surface area (Å²) in [5, 5.41) is 5.60. The number of anilines is 1. The van der Waals surface area contributed by atoms with Crippen LogP contribution >= 0.6 is 0 Å². The molecule has 0 unspecified atom stereocenters. The van der Waals surface area contributed by atoms with Gasteiger partial charge in [-0.15, -0.1) is 0 Å². The minimum Gasteiger partial charge on any atom is -0.467 e. The van der Waals surface area contributed by atoms with Crippen LogP contribution in [-0.4, -0.2) is 16.8 Å². The normalized spacial score (nSPS) is 10.3. The minimum atomic E-state index is -0.322. The van der Waals surface area contributed by atoms with E-state index >= 15 is 0 Å². The standard InChI is InChI=1S/C20H19N3O3/c1-2-14-6-3-4-8-18(14)23-20(25)16-10-15(11-21-12-16)19(24)22-13-17-7-5-9-26-17/h3-12H,2,13H2,1H3,(H,22,24)(H,23,25). The first-order valence-corrected chi connectivity index (χ1v) is 8.32. The predicted octanol–water partition coefficient (Wildman–Crippen LogP) is 3.42. The van der Waals surface area contributed by atoms with Crippen LogP contribution in [0.2, 0.25) is 0 Å². The first kappa shape index (κ1) is 17.4. The predicted molar refractivity (Wildman–Crippen MR) is 97.9 cm³/mol. The molecule has 6 nitrogen and oxygen atoms in total. The second-order valence-electron chi connectivity index (χ2n) is 5.69. The Morgan fingerprint density at radius 2 is 1.81 bits per heavy atom. The molecule has 6 heteroatoms. The van der Waals surface area contributed by atoms with Gasteiger partial charge in [0.1, 0.15) is 5.76 Å². The molecule has 0 saturated carbocycles. The lowest BCUT2D eigenvalue weighted by Crippen LogP contribution is -2.23. The molecule has 0 bridgehead atoms. The van der Waals surface area contributed by atoms with Gasteiger partial charge in [0.2, 0.25) is 0 Å². The number of hydrogen-bond acceptors (Lipinski definition) is 4. The summed E-state index contributed by atoms with van der Waals surface area (Å²) in [5.41, 5.74) is 2.43. The lowest BCUT2D eigenvalue weighted by atomic mass is 10.1. The molecule has 0 spiro atoms. The van der Waals surface area contributed by atoms with Crippen LogP contribution in [0.3, 0.4) is 0 Å². The third-order valence-electron chi connectivity index (χ3n) is 3.91. The van der Waals surface area contributed by atoms with E-state index in [2.05, 4.69) is 15.6 Å². The van der Waals surface area contributed by atoms with Crippen molar-refractivity contribution in [3.05, 3.63) is 83.6 Å². The largest absolute Gasteiger partial charge is 0.467 e. The molecule has 2 amide bonds. The number of aryl methyl sites for hydroxylation is 1. The lowest BCUT2D eigenvalue weighted by Gasteiger charge is -2.10. The molecule has 0 atom stereocenters. The molecule has 3 aromatic rings. The Labute approximate surface area is 151 Å². The fourth-order valence-electron chi connectivity index (χ4n) is 2.52. The lowest BCUT2D eigenvalue weighted by molar-refractivity contribution is 0.0947. The average molecular weight is 349 g/mol. The maximum absolute atomic E-state index is 12.5. The molecule has 1 aromatic carbocycles. The van der Waals surface area contributed by atoms with Crippen LogP contribution in [0, 0.1) is 0 Å². The summed E-state index contributed by atoms with van der Waals surface area (Å²) in [6.45, 7) is 2.29. The van der Waals surface area contributed by atoms with E-state index in [1.807, 2.05) is 31.2 Å². The molecule has 0 aliphatic heterocycles. The summed E-state index contributed by atoms with van der Waals surface area (Å²) in [6, 6.07) is 12.7. The van der Waals surface area contributed by atoms with Crippen molar-refractivity contribution in [1.82, 2.24) is 10.3 Å². The first-order chi connectivity index (χ1) is 12.7. The Balaban J connectivity index is 1.69. The van der Waals surface area contributed by atoms with E-state index in [1.165, 1.54) is 18.5 Å². The number of rotatable bonds is 6. The number of furan rings is 1. The summed E-state index contributed by atoms with van der Waals surface area (Å²) < 4.78 is 5.18. The Morgan fingerprint density at radius 3 is 2.54 bits per heavy atom. The summed E-state index contributed by atoms with van der Waals surface area (Å²) >= 11 is 0. The van der Waals surface area contributed by atoms with Gasteiger partial charge < -0.3 is 15.1 Å². The number of para-hydroxylation sites is 1. The van der Waals surface area contributed by atoms with Crippen molar-refractivity contribution in [2.45, 2.75) is 19.9 Å². The van der Waals surface area contributed by atoms with E-state index in [-0.39, 0.29) is 18.4 Å². The second kappa shape index (κ2) is 8.11. The van der Waals surface area contributed by atoms with Gasteiger partial charge in [-0.25, -0.2) is 0 Å². The molecule has 0 fully saturated rings. The summed E-state index contributed by atoms with van der Waals surface area (Å²) in [6.07, 6.45) is 5.22. The van der Waals surface area contributed by atoms with E-state index < -0.39 is 0 Å². The maximum atomic E-state index is 12.5. The monoisotopic (exact) mass is 349 g/mol. The number of pyridine rings is 1. The molecular weight excluding hydrogens is 330 g/mol. The van der Waals surface area contributed by atoms with E-state index in [4.69, 9.17) is 4.42 Å². The fraction of sp³-hybridized carbons (Fsp3) is 0.150. The van der Waals surface area contributed by atoms with Crippen LogP contribution in [0.5, 0.6) is 0 Å². The number of aromatic nitrogens is 1. The highest BCUT2D eigenvalue weighted by Crippen LogP contribution is 2.16. The van der Waals surface area contributed by atoms with Gasteiger partial charge in [-0.2, -0.15) is 0 Å². The Hall–Kier alpha value is -3.41. The zero-order chi connectivity index (χ0) is 18.4. The Morgan fingerprint density at radius 1 is 1.04 bits per heavy atom. The van der Waals surface area contributed by atoms with Crippen LogP contribution in [-0.2, 0) is 13.0 Å². The number of hydrogen-bond donors (Lipinski definition) is 2. The first-order valence-electron chi connectivity index (χ1n) is 8.32. The molecule has 2 N–H and O–H groups in total. The third-order valence-corrected chi connectivity index (χ3v) is 3.91. The van der Waals surface area contributed by atoms with Crippen molar-refractivity contribution >= 4 is 17.5 Å². The number of nitrogens with one attached hydrogen (secondary N) is 2. The number of nitrogens with zero attached hydrogens (tertiary/aromatic N) is 1. The minimum absolute atomic E-state index is 0.270. The van der Waals surface area contributed by atoms with E-state index in [9.17, 15) is 9.59 Å². The topological polar surface area (TPSA) is 84.2 Å². The molecule has 26 heavy (non-hydrogen) atoms. The van der Waals surface area contributed by atoms with Gasteiger partial charge in [0.15, 0.2) is 0 Å². The second-order valence-corrected chi connectivity index (χ2v) is 5.69. The highest BCUT2D eigenvalue weighted by Gasteiger charge is 2.13. The van der Waals surface area contributed by atoms with Gasteiger partial charge in [0, 0.05) is 18.1 Å². The molecule has 0 aliphatic carbocycles. The summed E-state index contributed by atoms with van der Waals surface area (Å²) in [4.78, 5) is 28.8. The molecular formula is C20H19N3O3. The fourth-order valence-corrected chi connectivity index (χ4v) is 2.52. The van der Waals surface area contributed by atoms with Crippen LogP contribution < -0.4 is 10.6 Å². The molecule has 0 saturated heterocycles. The molecule has 3 rings (SSSR count). The van der Waals surface area contributed by atoms with Crippen molar-refractivity contribution in [3.63, 3.8) is 0 Å². The van der Waals surface area contributed by atoms with Crippen LogP contribution in [0.4, 0.5) is 5.69 Å². The SMILES string of the molecule is CCc1ccccc1NC(=O)c1cncc(C(=O)NCc2ccco2)c1. The highest BCUT2D eigenvalue weighted by atomic mass is 16.3. The van der Waals surface area contributed by atoms with Crippen molar-refractivity contribution in [3.8, 4) is 0 Å². The average Bonchev–Trinajstić information content (AvgIpc) is 3.20. The van der Waals surface area contributed by atoms with Crippen molar-refractivity contribution in [2.24, 2.45) is 0 Å². The molecule has 2 aromatic heterocycles. The third kappa shape index (κ3) is 4.16. The van der Waals surface area contributed by atoms with Crippen LogP contribution in [0.1, 0.15) is 39.0 Å². The molecule has 0 aliphatic rings. The van der Waals surface area contributed by atoms with Gasteiger partial charge in [0.05, 0.1) is 23.9 Å². The van der Waals surface area contributed by atoms with E-state index in [0.717, 1.165) is 17.7 Å². The van der Waals surface area contributed by atoms with Crippen LogP contribution in [0.25, 0.3) is 0 Å².